The molecule has 0 amide bonds. The third-order valence-electron chi connectivity index (χ3n) is 4.83. The van der Waals surface area contributed by atoms with Crippen molar-refractivity contribution in [3.8, 4) is 5.75 Å². The van der Waals surface area contributed by atoms with Crippen molar-refractivity contribution >= 4 is 17.1 Å². The van der Waals surface area contributed by atoms with E-state index in [9.17, 15) is 4.79 Å². The zero-order valence-corrected chi connectivity index (χ0v) is 15.1. The van der Waals surface area contributed by atoms with Gasteiger partial charge < -0.3 is 9.64 Å². The quantitative estimate of drug-likeness (QED) is 0.751. The minimum absolute atomic E-state index is 0.153. The highest BCUT2D eigenvalue weighted by Gasteiger charge is 2.25. The fraction of sp³-hybridized carbons (Fsp3) is 0.474. The van der Waals surface area contributed by atoms with Crippen molar-refractivity contribution in [3.05, 3.63) is 45.9 Å². The van der Waals surface area contributed by atoms with E-state index in [4.69, 9.17) is 4.74 Å². The van der Waals surface area contributed by atoms with E-state index >= 15 is 0 Å². The highest BCUT2D eigenvalue weighted by molar-refractivity contribution is 7.09. The van der Waals surface area contributed by atoms with Gasteiger partial charge in [-0.1, -0.05) is 0 Å². The first-order valence-corrected chi connectivity index (χ1v) is 9.35. The van der Waals surface area contributed by atoms with Crippen LogP contribution in [-0.4, -0.2) is 42.4 Å². The van der Waals surface area contributed by atoms with Crippen LogP contribution < -0.4 is 4.74 Å². The Morgan fingerprint density at radius 2 is 2.00 bits per heavy atom. The Morgan fingerprint density at radius 3 is 2.58 bits per heavy atom. The molecule has 1 saturated heterocycles. The van der Waals surface area contributed by atoms with Gasteiger partial charge in [0.15, 0.2) is 5.78 Å². The summed E-state index contributed by atoms with van der Waals surface area (Å²) in [7, 11) is 1.64. The van der Waals surface area contributed by atoms with Crippen molar-refractivity contribution < 1.29 is 9.53 Å². The molecule has 128 valence electrons. The number of rotatable bonds is 6. The van der Waals surface area contributed by atoms with Gasteiger partial charge in [-0.25, -0.2) is 4.98 Å². The number of aryl methyl sites for hydroxylation is 1. The summed E-state index contributed by atoms with van der Waals surface area (Å²) in [5, 5.41) is 0. The molecule has 0 atom stereocenters. The normalized spacial score (nSPS) is 16.2. The van der Waals surface area contributed by atoms with Crippen LogP contribution in [0.2, 0.25) is 0 Å². The Hall–Kier alpha value is -1.72. The van der Waals surface area contributed by atoms with Crippen LogP contribution >= 0.6 is 11.3 Å². The summed E-state index contributed by atoms with van der Waals surface area (Å²) in [5.41, 5.74) is 3.88. The van der Waals surface area contributed by atoms with E-state index in [-0.39, 0.29) is 11.7 Å². The van der Waals surface area contributed by atoms with Crippen molar-refractivity contribution in [2.24, 2.45) is 5.92 Å². The molecule has 0 saturated carbocycles. The smallest absolute Gasteiger partial charge is 0.166 e. The number of carbonyl (C=O) groups is 1. The average molecular weight is 344 g/mol. The van der Waals surface area contributed by atoms with Gasteiger partial charge in [0.05, 0.1) is 18.3 Å². The number of Topliss-reactive ketones (excluding diaryl/α,β-unsaturated/α-hetero) is 1. The number of thiazole rings is 1. The second kappa shape index (κ2) is 7.90. The molecule has 3 rings (SSSR count). The molecule has 1 aliphatic rings. The molecule has 0 N–H and O–H groups in total. The van der Waals surface area contributed by atoms with Crippen molar-refractivity contribution in [1.29, 1.82) is 0 Å². The first-order chi connectivity index (χ1) is 11.7. The van der Waals surface area contributed by atoms with Gasteiger partial charge >= 0.3 is 0 Å². The highest BCUT2D eigenvalue weighted by atomic mass is 32.1. The molecule has 0 bridgehead atoms. The predicted octanol–water partition coefficient (Wildman–Crippen LogP) is 3.60. The van der Waals surface area contributed by atoms with Crippen LogP contribution in [0.25, 0.3) is 0 Å². The number of likely N-dealkylation sites (tertiary alicyclic amines) is 1. The Kier molecular flexibility index (Phi) is 5.63. The number of piperidine rings is 1. The molecule has 1 fully saturated rings. The van der Waals surface area contributed by atoms with Crippen LogP contribution in [0.1, 0.15) is 33.8 Å². The molecule has 0 unspecified atom stereocenters. The molecule has 2 heterocycles. The molecule has 1 aromatic heterocycles. The Balaban J connectivity index is 1.49. The lowest BCUT2D eigenvalue weighted by atomic mass is 9.89. The average Bonchev–Trinajstić information content (AvgIpc) is 3.05. The molecule has 1 aromatic carbocycles. The van der Waals surface area contributed by atoms with E-state index in [1.54, 1.807) is 18.4 Å². The number of carbonyl (C=O) groups excluding carboxylic acids is 1. The number of ketones is 1. The Labute approximate surface area is 147 Å². The maximum atomic E-state index is 12.6. The van der Waals surface area contributed by atoms with Gasteiger partial charge in [-0.15, -0.1) is 11.3 Å². The number of hydrogen-bond donors (Lipinski definition) is 0. The summed E-state index contributed by atoms with van der Waals surface area (Å²) in [6.45, 7) is 5.15. The third-order valence-corrected chi connectivity index (χ3v) is 5.83. The number of methoxy groups -OCH3 is 1. The Morgan fingerprint density at radius 1 is 1.29 bits per heavy atom. The summed E-state index contributed by atoms with van der Waals surface area (Å²) in [6, 6.07) is 7.47. The molecule has 24 heavy (non-hydrogen) atoms. The van der Waals surface area contributed by atoms with E-state index in [1.807, 2.05) is 29.8 Å². The van der Waals surface area contributed by atoms with Gasteiger partial charge in [0.25, 0.3) is 0 Å². The molecule has 0 spiro atoms. The van der Waals surface area contributed by atoms with E-state index in [1.165, 1.54) is 4.88 Å². The van der Waals surface area contributed by atoms with Crippen LogP contribution in [0.3, 0.4) is 0 Å². The standard InChI is InChI=1S/C19H24N2O2S/c1-14-18(24-13-20-14)9-12-21-10-7-16(8-11-21)19(22)15-3-5-17(23-2)6-4-15/h3-6,13,16H,7-12H2,1-2H3. The summed E-state index contributed by atoms with van der Waals surface area (Å²) >= 11 is 1.74. The van der Waals surface area contributed by atoms with Crippen molar-refractivity contribution in [1.82, 2.24) is 9.88 Å². The van der Waals surface area contributed by atoms with Gasteiger partial charge in [0.2, 0.25) is 0 Å². The third kappa shape index (κ3) is 4.02. The first kappa shape index (κ1) is 17.1. The number of nitrogens with zero attached hydrogens (tertiary/aromatic N) is 2. The largest absolute Gasteiger partial charge is 0.497 e. The monoisotopic (exact) mass is 344 g/mol. The fourth-order valence-corrected chi connectivity index (χ4v) is 4.01. The van der Waals surface area contributed by atoms with Gasteiger partial charge in [0, 0.05) is 22.9 Å². The number of hydrogen-bond acceptors (Lipinski definition) is 5. The topological polar surface area (TPSA) is 42.4 Å². The zero-order valence-electron chi connectivity index (χ0n) is 14.3. The molecule has 1 aliphatic heterocycles. The lowest BCUT2D eigenvalue weighted by molar-refractivity contribution is 0.0841. The maximum absolute atomic E-state index is 12.6. The van der Waals surface area contributed by atoms with Crippen molar-refractivity contribution in [3.63, 3.8) is 0 Å². The molecular weight excluding hydrogens is 320 g/mol. The predicted molar refractivity (Wildman–Crippen MR) is 97.0 cm³/mol. The lowest BCUT2D eigenvalue weighted by Gasteiger charge is -2.31. The van der Waals surface area contributed by atoms with Gasteiger partial charge in [-0.05, 0) is 63.5 Å². The minimum atomic E-state index is 0.153. The Bertz CT molecular complexity index is 673. The fourth-order valence-electron chi connectivity index (χ4n) is 3.24. The van der Waals surface area contributed by atoms with E-state index in [0.29, 0.717) is 0 Å². The van der Waals surface area contributed by atoms with E-state index in [0.717, 1.165) is 55.9 Å². The van der Waals surface area contributed by atoms with Crippen LogP contribution in [0.5, 0.6) is 5.75 Å². The summed E-state index contributed by atoms with van der Waals surface area (Å²) in [6.07, 6.45) is 2.96. The first-order valence-electron chi connectivity index (χ1n) is 8.47. The summed E-state index contributed by atoms with van der Waals surface area (Å²) < 4.78 is 5.15. The molecule has 2 aromatic rings. The van der Waals surface area contributed by atoms with Gasteiger partial charge in [-0.3, -0.25) is 4.79 Å². The summed E-state index contributed by atoms with van der Waals surface area (Å²) in [4.78, 5) is 20.8. The molecule has 5 heteroatoms. The number of ether oxygens (including phenoxy) is 1. The second-order valence-corrected chi connectivity index (χ2v) is 7.26. The molecular formula is C19H24N2O2S. The van der Waals surface area contributed by atoms with Gasteiger partial charge in [-0.2, -0.15) is 0 Å². The van der Waals surface area contributed by atoms with Gasteiger partial charge in [0.1, 0.15) is 5.75 Å². The highest BCUT2D eigenvalue weighted by Crippen LogP contribution is 2.23. The molecule has 0 radical (unpaired) electrons. The van der Waals surface area contributed by atoms with Crippen LogP contribution in [-0.2, 0) is 6.42 Å². The van der Waals surface area contributed by atoms with Crippen LogP contribution in [0, 0.1) is 12.8 Å². The summed E-state index contributed by atoms with van der Waals surface area (Å²) in [5.74, 6) is 1.22. The lowest BCUT2D eigenvalue weighted by Crippen LogP contribution is -2.37. The zero-order chi connectivity index (χ0) is 16.9. The van der Waals surface area contributed by atoms with Crippen LogP contribution in [0.4, 0.5) is 0 Å². The maximum Gasteiger partial charge on any atom is 0.166 e. The second-order valence-electron chi connectivity index (χ2n) is 6.32. The molecule has 0 aliphatic carbocycles. The van der Waals surface area contributed by atoms with Crippen LogP contribution in [0.15, 0.2) is 29.8 Å². The van der Waals surface area contributed by atoms with E-state index in [2.05, 4.69) is 16.8 Å². The SMILES string of the molecule is COc1ccc(C(=O)C2CCN(CCc3scnc3C)CC2)cc1. The number of benzene rings is 1. The van der Waals surface area contributed by atoms with Crippen molar-refractivity contribution in [2.45, 2.75) is 26.2 Å². The minimum Gasteiger partial charge on any atom is -0.497 e. The molecule has 4 nitrogen and oxygen atoms in total. The van der Waals surface area contributed by atoms with Crippen molar-refractivity contribution in [2.75, 3.05) is 26.7 Å². The number of aromatic nitrogens is 1. The van der Waals surface area contributed by atoms with E-state index < -0.39 is 0 Å².